The highest BCUT2D eigenvalue weighted by Crippen LogP contribution is 2.66. The number of aromatic nitrogens is 2. The summed E-state index contributed by atoms with van der Waals surface area (Å²) in [5, 5.41) is 14.3. The van der Waals surface area contributed by atoms with E-state index in [2.05, 4.69) is 44.8 Å². The van der Waals surface area contributed by atoms with Crippen LogP contribution in [-0.4, -0.2) is 152 Å². The smallest absolute Gasteiger partial charge is 0.490 e. The van der Waals surface area contributed by atoms with Gasteiger partial charge in [-0.25, -0.2) is 31.5 Å². The van der Waals surface area contributed by atoms with E-state index in [1.165, 1.54) is 4.90 Å². The van der Waals surface area contributed by atoms with Crippen LogP contribution in [0.25, 0.3) is 16.7 Å². The standard InChI is InChI=1S/C53H64N7O22P3S2/c1-8-59-40-22-43-38(20-36(40)32(25-52(59,3)4)29-86(72,73)74)48(39-21-37-33(30-87(75,76)77)26-53(5,6)60(9-2)41(37)23-44(39)79-43)34-15-10-11-16-35(34)50(63)57(7)19-13-17-46(62)55-18-12-14-31-27-58(51(64)56-49(31)54)47-24-42(61)45(80-47)28-78-84(68,69)82-85(70,71)81-83(65,66)67/h10-11,15-16,20-23,25-27,42,45,47,61H,8-9,13,17-19,24,28-30H2,1-7H3,(H8-,54,55,56,62,64,65,66,67,68,69,70,71,72,73,74,75,76,77)/t42-,45+,47+/m0/s1. The number of likely N-dealkylation sites (N-methyl/N-ethyl adjacent to an activating group) is 2. The summed E-state index contributed by atoms with van der Waals surface area (Å²) in [7, 11) is -24.9. The number of hydrogen-bond donors (Lipinski definition) is 8. The molecule has 1 fully saturated rings. The normalized spacial score (nSPS) is 20.0. The van der Waals surface area contributed by atoms with Crippen LogP contribution in [-0.2, 0) is 56.6 Å². The third-order valence-electron chi connectivity index (χ3n) is 14.6. The molecule has 4 aliphatic rings. The lowest BCUT2D eigenvalue weighted by molar-refractivity contribution is -0.121. The van der Waals surface area contributed by atoms with Crippen LogP contribution < -0.4 is 41.5 Å². The molecule has 0 spiro atoms. The molecule has 0 radical (unpaired) electrons. The fourth-order valence-electron chi connectivity index (χ4n) is 11.1. The molecule has 1 saturated heterocycles. The van der Waals surface area contributed by atoms with Gasteiger partial charge in [0.05, 0.1) is 57.9 Å². The number of nitrogens with two attached hydrogens (primary N) is 1. The van der Waals surface area contributed by atoms with Gasteiger partial charge in [-0.2, -0.15) is 22.0 Å². The first kappa shape index (κ1) is 66.7. The maximum atomic E-state index is 14.8. The Labute approximate surface area is 499 Å². The molecule has 29 nitrogen and oxygen atoms in total. The Bertz CT molecular complexity index is 4210. The van der Waals surface area contributed by atoms with E-state index in [4.69, 9.17) is 25.0 Å². The van der Waals surface area contributed by atoms with Crippen LogP contribution in [0, 0.1) is 11.8 Å². The van der Waals surface area contributed by atoms with Crippen LogP contribution in [0.1, 0.15) is 105 Å². The van der Waals surface area contributed by atoms with E-state index in [1.54, 1.807) is 67.7 Å². The molecule has 1 aromatic heterocycles. The number of hydrogen-bond acceptors (Lipinski definition) is 20. The van der Waals surface area contributed by atoms with Gasteiger partial charge >= 0.3 is 29.2 Å². The lowest BCUT2D eigenvalue weighted by Gasteiger charge is -2.44. The molecule has 4 aromatic rings. The molecular formula is C53H64N7O22P3S2. The molecule has 5 heterocycles. The van der Waals surface area contributed by atoms with Gasteiger partial charge in [0, 0.05) is 92.3 Å². The van der Waals surface area contributed by atoms with E-state index in [0.29, 0.717) is 74.3 Å². The Balaban J connectivity index is 1.02. The summed E-state index contributed by atoms with van der Waals surface area (Å²) in [4.78, 5) is 84.6. The first-order valence-electron chi connectivity index (χ1n) is 26.7. The van der Waals surface area contributed by atoms with Crippen molar-refractivity contribution in [3.8, 4) is 23.3 Å². The number of aliphatic hydroxyl groups is 1. The van der Waals surface area contributed by atoms with Crippen LogP contribution >= 0.6 is 23.5 Å². The molecule has 34 heteroatoms. The van der Waals surface area contributed by atoms with Crippen LogP contribution in [0.5, 0.6) is 11.5 Å². The van der Waals surface area contributed by atoms with E-state index in [0.717, 1.165) is 10.8 Å². The first-order chi connectivity index (χ1) is 40.3. The monoisotopic (exact) mass is 1310 g/mol. The highest BCUT2D eigenvalue weighted by atomic mass is 32.2. The minimum Gasteiger partial charge on any atom is -0.748 e. The fourth-order valence-corrected chi connectivity index (χ4v) is 15.4. The second-order valence-corrected chi connectivity index (χ2v) is 29.1. The van der Waals surface area contributed by atoms with Crippen molar-refractivity contribution in [3.63, 3.8) is 0 Å². The molecule has 0 saturated carbocycles. The van der Waals surface area contributed by atoms with Gasteiger partial charge in [-0.1, -0.05) is 36.1 Å². The predicted molar refractivity (Wildman–Crippen MR) is 313 cm³/mol. The number of amides is 2. The fraction of sp³-hybridized carbons (Fsp3) is 0.415. The lowest BCUT2D eigenvalue weighted by atomic mass is 9.83. The molecule has 87 heavy (non-hydrogen) atoms. The Morgan fingerprint density at radius 3 is 2.29 bits per heavy atom. The summed E-state index contributed by atoms with van der Waals surface area (Å²) in [6.07, 6.45) is 0.195. The summed E-state index contributed by atoms with van der Waals surface area (Å²) in [5.74, 6) is 3.32. The van der Waals surface area contributed by atoms with E-state index >= 15 is 0 Å². The zero-order valence-electron chi connectivity index (χ0n) is 47.8. The number of carbonyl (C=O) groups excluding carboxylic acids is 2. The molecule has 8 rings (SSSR count). The maximum Gasteiger partial charge on any atom is 0.490 e. The first-order valence-corrected chi connectivity index (χ1v) is 34.4. The molecule has 470 valence electrons. The quantitative estimate of drug-likeness (QED) is 0.0226. The van der Waals surface area contributed by atoms with Crippen molar-refractivity contribution in [1.82, 2.24) is 24.3 Å². The number of aliphatic hydroxyl groups excluding tert-OH is 1. The van der Waals surface area contributed by atoms with Crippen LogP contribution in [0.2, 0.25) is 0 Å². The lowest BCUT2D eigenvalue weighted by Crippen LogP contribution is -2.50. The third kappa shape index (κ3) is 15.6. The number of fused-ring (bicyclic) bond motifs is 4. The van der Waals surface area contributed by atoms with Gasteiger partial charge in [-0.3, -0.25) is 23.2 Å². The van der Waals surface area contributed by atoms with Crippen molar-refractivity contribution in [1.29, 1.82) is 0 Å². The van der Waals surface area contributed by atoms with Gasteiger partial charge in [0.25, 0.3) is 16.0 Å². The van der Waals surface area contributed by atoms with Crippen LogP contribution in [0.3, 0.4) is 0 Å². The summed E-state index contributed by atoms with van der Waals surface area (Å²) < 4.78 is 135. The minimum atomic E-state index is -5.83. The number of phosphoric ester groups is 1. The van der Waals surface area contributed by atoms with Crippen LogP contribution in [0.4, 0.5) is 11.5 Å². The van der Waals surface area contributed by atoms with Gasteiger partial charge in [0.15, 0.2) is 5.54 Å². The Kier molecular flexibility index (Phi) is 19.1. The number of phosphoric acid groups is 3. The second kappa shape index (κ2) is 25.0. The highest BCUT2D eigenvalue weighted by Gasteiger charge is 2.44. The maximum absolute atomic E-state index is 14.8. The van der Waals surface area contributed by atoms with Crippen molar-refractivity contribution in [2.45, 2.75) is 90.3 Å². The van der Waals surface area contributed by atoms with Gasteiger partial charge in [-0.15, -0.1) is 0 Å². The predicted octanol–water partition coefficient (Wildman–Crippen LogP) is 2.31. The molecule has 5 atom stereocenters. The van der Waals surface area contributed by atoms with E-state index < -0.39 is 109 Å². The van der Waals surface area contributed by atoms with Crippen molar-refractivity contribution in [2.75, 3.05) is 62.0 Å². The van der Waals surface area contributed by atoms with Crippen molar-refractivity contribution >= 4 is 83.7 Å². The summed E-state index contributed by atoms with van der Waals surface area (Å²) in [5.41, 5.74) is 7.11. The summed E-state index contributed by atoms with van der Waals surface area (Å²) >= 11 is 0. The molecule has 9 N–H and O–H groups in total. The number of nitrogen functional groups attached to an aromatic ring is 1. The van der Waals surface area contributed by atoms with Gasteiger partial charge in [0.2, 0.25) is 11.3 Å². The van der Waals surface area contributed by atoms with E-state index in [9.17, 15) is 68.9 Å². The molecule has 0 aliphatic carbocycles. The summed E-state index contributed by atoms with van der Waals surface area (Å²) in [6.45, 7) is 11.3. The Hall–Kier alpha value is -6.26. The van der Waals surface area contributed by atoms with Gasteiger partial charge < -0.3 is 59.6 Å². The van der Waals surface area contributed by atoms with Gasteiger partial charge in [0.1, 0.15) is 41.9 Å². The number of carbonyl (C=O) groups is 2. The van der Waals surface area contributed by atoms with Crippen LogP contribution in [0.15, 0.2) is 71.7 Å². The third-order valence-corrected chi connectivity index (χ3v) is 19.7. The zero-order valence-corrected chi connectivity index (χ0v) is 52.2. The number of nitrogens with zero attached hydrogens (tertiary/aromatic N) is 5. The van der Waals surface area contributed by atoms with Crippen molar-refractivity contribution in [2.24, 2.45) is 0 Å². The molecule has 3 aromatic carbocycles. The molecule has 2 unspecified atom stereocenters. The Morgan fingerprint density at radius 1 is 0.943 bits per heavy atom. The molecule has 4 aliphatic heterocycles. The number of anilines is 2. The molecule has 0 bridgehead atoms. The highest BCUT2D eigenvalue weighted by molar-refractivity contribution is 7.86. The van der Waals surface area contributed by atoms with E-state index in [1.807, 2.05) is 41.5 Å². The molecular weight excluding hydrogens is 1240 g/mol. The van der Waals surface area contributed by atoms with Crippen molar-refractivity contribution < 1.29 is 96.5 Å². The van der Waals surface area contributed by atoms with Gasteiger partial charge in [-0.05, 0) is 75.1 Å². The number of rotatable bonds is 21. The molecule has 2 amide bonds. The zero-order chi connectivity index (χ0) is 64.1. The average Bonchev–Trinajstić information content (AvgIpc) is 1.15. The topological polar surface area (TPSA) is 427 Å². The number of ether oxygens (including phenoxy) is 2. The Morgan fingerprint density at radius 2 is 1.63 bits per heavy atom. The average molecular weight is 1310 g/mol. The largest absolute Gasteiger partial charge is 0.748 e. The second-order valence-electron chi connectivity index (χ2n) is 21.8. The van der Waals surface area contributed by atoms with Crippen molar-refractivity contribution in [3.05, 3.63) is 121 Å². The summed E-state index contributed by atoms with van der Waals surface area (Å²) in [6, 6.07) is 13.8. The minimum absolute atomic E-state index is 0.0157. The number of nitrogens with one attached hydrogen (secondary N) is 1. The SMILES string of the molecule is CCN1c2cc3c(cc2C(CS(=O)(=O)[O-])=CC1(C)C)C(c1ccccc1C(=O)N(C)CCCC(=O)NCC#Cc1cn([C@H]2C[C@H](O)[C@@H](COP(=O)(O)OP(=O)(O)OP(=O)(O)O)O2)c(=O)nc1N)=c1cc2c(cc1O3)=[N+](CC)C(C)(C)C=C2CS(=O)(=O)O. The number of benzene rings is 3. The van der Waals surface area contributed by atoms with E-state index in [-0.39, 0.29) is 54.9 Å².